The van der Waals surface area contributed by atoms with Crippen LogP contribution in [-0.2, 0) is 11.8 Å². The van der Waals surface area contributed by atoms with Crippen LogP contribution in [0.4, 0.5) is 10.6 Å². The molecule has 2 heterocycles. The van der Waals surface area contributed by atoms with Crippen molar-refractivity contribution in [2.45, 2.75) is 39.2 Å². The van der Waals surface area contributed by atoms with Gasteiger partial charge in [0.15, 0.2) is 0 Å². The van der Waals surface area contributed by atoms with Gasteiger partial charge in [-0.2, -0.15) is 5.10 Å². The van der Waals surface area contributed by atoms with Gasteiger partial charge in [-0.25, -0.2) is 9.78 Å². The largest absolute Gasteiger partial charge is 0.481 e. The minimum absolute atomic E-state index is 0.00948. The zero-order valence-electron chi connectivity index (χ0n) is 14.8. The summed E-state index contributed by atoms with van der Waals surface area (Å²) in [5.41, 5.74) is 2.04. The minimum Gasteiger partial charge on any atom is -0.481 e. The number of nitrogens with zero attached hydrogens (tertiary/aromatic N) is 3. The summed E-state index contributed by atoms with van der Waals surface area (Å²) in [4.78, 5) is 27.2. The van der Waals surface area contributed by atoms with Gasteiger partial charge in [0, 0.05) is 42.0 Å². The number of aryl methyl sites for hydroxylation is 2. The van der Waals surface area contributed by atoms with Crippen molar-refractivity contribution in [1.29, 1.82) is 0 Å². The Balaban J connectivity index is 2.01. The molecule has 0 spiro atoms. The van der Waals surface area contributed by atoms with Crippen molar-refractivity contribution in [3.63, 3.8) is 0 Å². The SMILES string of the molecule is Cc1nc(NC(=O)NC(C)(C)CCC(=O)O)ccc1-c1cnn(C)c1. The van der Waals surface area contributed by atoms with E-state index in [0.29, 0.717) is 12.2 Å². The highest BCUT2D eigenvalue weighted by molar-refractivity contribution is 5.89. The lowest BCUT2D eigenvalue weighted by atomic mass is 9.99. The van der Waals surface area contributed by atoms with Gasteiger partial charge in [-0.15, -0.1) is 0 Å². The minimum atomic E-state index is -0.890. The molecule has 8 nitrogen and oxygen atoms in total. The molecular formula is C17H23N5O3. The van der Waals surface area contributed by atoms with E-state index in [9.17, 15) is 9.59 Å². The molecule has 0 radical (unpaired) electrons. The molecule has 0 fully saturated rings. The third-order valence-electron chi connectivity index (χ3n) is 3.76. The number of carboxylic acids is 1. The van der Waals surface area contributed by atoms with Crippen molar-refractivity contribution < 1.29 is 14.7 Å². The van der Waals surface area contributed by atoms with E-state index >= 15 is 0 Å². The van der Waals surface area contributed by atoms with Crippen molar-refractivity contribution in [3.8, 4) is 11.1 Å². The van der Waals surface area contributed by atoms with Crippen molar-refractivity contribution in [2.75, 3.05) is 5.32 Å². The van der Waals surface area contributed by atoms with Crippen LogP contribution >= 0.6 is 0 Å². The Morgan fingerprint density at radius 3 is 2.60 bits per heavy atom. The van der Waals surface area contributed by atoms with Crippen LogP contribution in [0.25, 0.3) is 11.1 Å². The number of hydrogen-bond donors (Lipinski definition) is 3. The lowest BCUT2D eigenvalue weighted by Gasteiger charge is -2.25. The molecule has 2 amide bonds. The van der Waals surface area contributed by atoms with E-state index in [4.69, 9.17) is 5.11 Å². The molecule has 2 aromatic rings. The van der Waals surface area contributed by atoms with Crippen LogP contribution in [0.2, 0.25) is 0 Å². The van der Waals surface area contributed by atoms with Gasteiger partial charge in [0.2, 0.25) is 0 Å². The normalized spacial score (nSPS) is 11.2. The van der Waals surface area contributed by atoms with Crippen LogP contribution in [0.5, 0.6) is 0 Å². The summed E-state index contributed by atoms with van der Waals surface area (Å²) in [6.07, 6.45) is 3.98. The first-order valence-corrected chi connectivity index (χ1v) is 7.94. The van der Waals surface area contributed by atoms with Crippen molar-refractivity contribution in [2.24, 2.45) is 7.05 Å². The maximum Gasteiger partial charge on any atom is 0.320 e. The molecule has 25 heavy (non-hydrogen) atoms. The van der Waals surface area contributed by atoms with Crippen LogP contribution < -0.4 is 10.6 Å². The summed E-state index contributed by atoms with van der Waals surface area (Å²) in [7, 11) is 1.85. The second-order valence-corrected chi connectivity index (χ2v) is 6.59. The maximum absolute atomic E-state index is 12.1. The summed E-state index contributed by atoms with van der Waals surface area (Å²) in [5, 5.41) is 18.3. The van der Waals surface area contributed by atoms with Gasteiger partial charge in [0.05, 0.1) is 6.20 Å². The fourth-order valence-electron chi connectivity index (χ4n) is 2.43. The molecule has 0 aliphatic heterocycles. The lowest BCUT2D eigenvalue weighted by molar-refractivity contribution is -0.137. The number of carbonyl (C=O) groups is 2. The molecule has 3 N–H and O–H groups in total. The Morgan fingerprint density at radius 1 is 1.32 bits per heavy atom. The number of hydrogen-bond acceptors (Lipinski definition) is 4. The first-order valence-electron chi connectivity index (χ1n) is 7.94. The molecule has 8 heteroatoms. The second kappa shape index (κ2) is 7.33. The molecule has 0 bridgehead atoms. The molecule has 0 saturated heterocycles. The number of urea groups is 1. The van der Waals surface area contributed by atoms with Crippen LogP contribution in [0.3, 0.4) is 0 Å². The third kappa shape index (κ3) is 5.30. The second-order valence-electron chi connectivity index (χ2n) is 6.59. The summed E-state index contributed by atoms with van der Waals surface area (Å²) < 4.78 is 1.72. The predicted molar refractivity (Wildman–Crippen MR) is 94.3 cm³/mol. The first-order chi connectivity index (χ1) is 11.7. The van der Waals surface area contributed by atoms with Gasteiger partial charge < -0.3 is 10.4 Å². The Morgan fingerprint density at radius 2 is 2.04 bits per heavy atom. The number of carbonyl (C=O) groups excluding carboxylic acids is 1. The van der Waals surface area contributed by atoms with Gasteiger partial charge in [-0.3, -0.25) is 14.8 Å². The zero-order chi connectivity index (χ0) is 18.6. The summed E-state index contributed by atoms with van der Waals surface area (Å²) >= 11 is 0. The van der Waals surface area contributed by atoms with E-state index in [0.717, 1.165) is 16.8 Å². The number of nitrogens with one attached hydrogen (secondary N) is 2. The van der Waals surface area contributed by atoms with Gasteiger partial charge >= 0.3 is 12.0 Å². The van der Waals surface area contributed by atoms with E-state index in [1.807, 2.05) is 26.2 Å². The van der Waals surface area contributed by atoms with Crippen LogP contribution in [-0.4, -0.2) is 37.4 Å². The molecule has 0 unspecified atom stereocenters. The number of amides is 2. The Labute approximate surface area is 146 Å². The standard InChI is InChI=1S/C17H23N5O3/c1-11-13(12-9-18-22(4)10-12)5-6-14(19-11)20-16(25)21-17(2,3)8-7-15(23)24/h5-6,9-10H,7-8H2,1-4H3,(H,23,24)(H2,19,20,21,25). The quantitative estimate of drug-likeness (QED) is 0.745. The van der Waals surface area contributed by atoms with Crippen LogP contribution in [0.1, 0.15) is 32.4 Å². The van der Waals surface area contributed by atoms with Gasteiger partial charge in [0.1, 0.15) is 5.82 Å². The Bertz CT molecular complexity index is 782. The molecule has 0 atom stereocenters. The Hall–Kier alpha value is -2.90. The fraction of sp³-hybridized carbons (Fsp3) is 0.412. The number of aliphatic carboxylic acids is 1. The van der Waals surface area contributed by atoms with E-state index in [-0.39, 0.29) is 6.42 Å². The molecule has 134 valence electrons. The molecule has 0 aliphatic carbocycles. The van der Waals surface area contributed by atoms with E-state index in [2.05, 4.69) is 20.7 Å². The molecule has 0 saturated carbocycles. The Kier molecular flexibility index (Phi) is 5.41. The lowest BCUT2D eigenvalue weighted by Crippen LogP contribution is -2.45. The number of rotatable bonds is 6. The van der Waals surface area contributed by atoms with Crippen molar-refractivity contribution in [1.82, 2.24) is 20.1 Å². The van der Waals surface area contributed by atoms with Gasteiger partial charge in [-0.05, 0) is 39.3 Å². The average molecular weight is 345 g/mol. The summed E-state index contributed by atoms with van der Waals surface area (Å²) in [6, 6.07) is 3.18. The maximum atomic E-state index is 12.1. The molecule has 0 aromatic carbocycles. The number of aromatic nitrogens is 3. The highest BCUT2D eigenvalue weighted by atomic mass is 16.4. The summed E-state index contributed by atoms with van der Waals surface area (Å²) in [5.74, 6) is -0.463. The highest BCUT2D eigenvalue weighted by Crippen LogP contribution is 2.23. The van der Waals surface area contributed by atoms with E-state index < -0.39 is 17.5 Å². The van der Waals surface area contributed by atoms with E-state index in [1.165, 1.54) is 0 Å². The summed E-state index contributed by atoms with van der Waals surface area (Å²) in [6.45, 7) is 5.42. The number of carboxylic acid groups (broad SMARTS) is 1. The third-order valence-corrected chi connectivity index (χ3v) is 3.76. The molecule has 2 aromatic heterocycles. The zero-order valence-corrected chi connectivity index (χ0v) is 14.8. The first kappa shape index (κ1) is 18.4. The topological polar surface area (TPSA) is 109 Å². The van der Waals surface area contributed by atoms with Crippen molar-refractivity contribution in [3.05, 3.63) is 30.2 Å². The number of anilines is 1. The van der Waals surface area contributed by atoms with Gasteiger partial charge in [-0.1, -0.05) is 0 Å². The monoisotopic (exact) mass is 345 g/mol. The average Bonchev–Trinajstić information content (AvgIpc) is 2.91. The smallest absolute Gasteiger partial charge is 0.320 e. The van der Waals surface area contributed by atoms with Crippen LogP contribution in [0, 0.1) is 6.92 Å². The predicted octanol–water partition coefficient (Wildman–Crippen LogP) is 2.56. The fourth-order valence-corrected chi connectivity index (χ4v) is 2.43. The van der Waals surface area contributed by atoms with Crippen LogP contribution in [0.15, 0.2) is 24.5 Å². The molecular weight excluding hydrogens is 322 g/mol. The van der Waals surface area contributed by atoms with Crippen molar-refractivity contribution >= 4 is 17.8 Å². The number of pyridine rings is 1. The molecule has 2 rings (SSSR count). The van der Waals surface area contributed by atoms with E-state index in [1.54, 1.807) is 30.8 Å². The highest BCUT2D eigenvalue weighted by Gasteiger charge is 2.21. The van der Waals surface area contributed by atoms with Gasteiger partial charge in [0.25, 0.3) is 0 Å². The molecule has 0 aliphatic rings.